The average Bonchev–Trinajstić information content (AvgIpc) is 2.32. The number of aromatic carboxylic acids is 1. The summed E-state index contributed by atoms with van der Waals surface area (Å²) in [7, 11) is 3.40. The maximum atomic E-state index is 10.5. The van der Waals surface area contributed by atoms with Gasteiger partial charge < -0.3 is 14.5 Å². The van der Waals surface area contributed by atoms with Crippen molar-refractivity contribution >= 4 is 11.8 Å². The highest BCUT2D eigenvalue weighted by atomic mass is 16.5. The van der Waals surface area contributed by atoms with Crippen molar-refractivity contribution in [1.29, 1.82) is 0 Å². The molecule has 0 bridgehead atoms. The van der Waals surface area contributed by atoms with Gasteiger partial charge in [0.2, 0.25) is 0 Å². The quantitative estimate of drug-likeness (QED) is 0.672. The SMILES string of the molecule is CN(C)c1nocc1C(=O)O. The molecule has 0 fully saturated rings. The molecule has 0 unspecified atom stereocenters. The molecule has 0 saturated carbocycles. The molecule has 1 N–H and O–H groups in total. The van der Waals surface area contributed by atoms with Gasteiger partial charge in [0.05, 0.1) is 0 Å². The van der Waals surface area contributed by atoms with E-state index < -0.39 is 5.97 Å². The van der Waals surface area contributed by atoms with Crippen molar-refractivity contribution in [2.75, 3.05) is 19.0 Å². The second kappa shape index (κ2) is 2.61. The molecule has 1 aromatic rings. The van der Waals surface area contributed by atoms with E-state index in [0.717, 1.165) is 6.26 Å². The van der Waals surface area contributed by atoms with E-state index in [2.05, 4.69) is 9.68 Å². The molecule has 11 heavy (non-hydrogen) atoms. The fraction of sp³-hybridized carbons (Fsp3) is 0.333. The zero-order valence-corrected chi connectivity index (χ0v) is 6.24. The lowest BCUT2D eigenvalue weighted by molar-refractivity contribution is 0.0697. The molecule has 0 aliphatic heterocycles. The number of hydrogen-bond acceptors (Lipinski definition) is 4. The highest BCUT2D eigenvalue weighted by molar-refractivity contribution is 5.92. The lowest BCUT2D eigenvalue weighted by Crippen LogP contribution is -2.12. The summed E-state index contributed by atoms with van der Waals surface area (Å²) in [5.41, 5.74) is 0.0787. The van der Waals surface area contributed by atoms with Crippen molar-refractivity contribution in [3.8, 4) is 0 Å². The number of aromatic nitrogens is 1. The van der Waals surface area contributed by atoms with Gasteiger partial charge in [0, 0.05) is 14.1 Å². The molecule has 5 heteroatoms. The van der Waals surface area contributed by atoms with Crippen LogP contribution in [-0.2, 0) is 0 Å². The van der Waals surface area contributed by atoms with Crippen LogP contribution in [0.4, 0.5) is 5.82 Å². The van der Waals surface area contributed by atoms with Crippen LogP contribution in [0.3, 0.4) is 0 Å². The molecule has 0 saturated heterocycles. The number of rotatable bonds is 2. The first kappa shape index (κ1) is 7.59. The number of carboxylic acid groups (broad SMARTS) is 1. The number of carbonyl (C=O) groups is 1. The van der Waals surface area contributed by atoms with Crippen LogP contribution in [0, 0.1) is 0 Å². The van der Waals surface area contributed by atoms with Gasteiger partial charge in [-0.05, 0) is 0 Å². The van der Waals surface area contributed by atoms with Crippen LogP contribution in [0.5, 0.6) is 0 Å². The smallest absolute Gasteiger partial charge is 0.342 e. The molecule has 1 rings (SSSR count). The third-order valence-electron chi connectivity index (χ3n) is 1.20. The van der Waals surface area contributed by atoms with Crippen molar-refractivity contribution in [2.45, 2.75) is 0 Å². The fourth-order valence-electron chi connectivity index (χ4n) is 0.699. The molecular formula is C6H8N2O3. The Hall–Kier alpha value is -1.52. The topological polar surface area (TPSA) is 66.6 Å². The summed E-state index contributed by atoms with van der Waals surface area (Å²) in [6.45, 7) is 0. The summed E-state index contributed by atoms with van der Waals surface area (Å²) < 4.78 is 4.50. The molecule has 0 aliphatic rings. The zero-order valence-electron chi connectivity index (χ0n) is 6.24. The third-order valence-corrected chi connectivity index (χ3v) is 1.20. The van der Waals surface area contributed by atoms with Gasteiger partial charge in [-0.3, -0.25) is 0 Å². The lowest BCUT2D eigenvalue weighted by atomic mass is 10.3. The first-order valence-corrected chi connectivity index (χ1v) is 2.98. The van der Waals surface area contributed by atoms with Crippen LogP contribution in [-0.4, -0.2) is 30.3 Å². The Balaban J connectivity index is 3.06. The molecule has 0 spiro atoms. The molecule has 1 aromatic heterocycles. The Kier molecular flexibility index (Phi) is 1.80. The number of hydrogen-bond donors (Lipinski definition) is 1. The molecule has 0 atom stereocenters. The maximum absolute atomic E-state index is 10.5. The minimum Gasteiger partial charge on any atom is -0.477 e. The fourth-order valence-corrected chi connectivity index (χ4v) is 0.699. The third kappa shape index (κ3) is 1.31. The summed E-state index contributed by atoms with van der Waals surface area (Å²) in [5, 5.41) is 12.1. The first-order valence-electron chi connectivity index (χ1n) is 2.98. The highest BCUT2D eigenvalue weighted by Crippen LogP contribution is 2.14. The standard InChI is InChI=1S/C6H8N2O3/c1-8(2)5-4(6(9)10)3-11-7-5/h3H,1-2H3,(H,9,10). The summed E-state index contributed by atoms with van der Waals surface area (Å²) in [5.74, 6) is -0.701. The second-order valence-corrected chi connectivity index (χ2v) is 2.25. The predicted octanol–water partition coefficient (Wildman–Crippen LogP) is 0.439. The number of anilines is 1. The second-order valence-electron chi connectivity index (χ2n) is 2.25. The normalized spacial score (nSPS) is 9.64. The average molecular weight is 156 g/mol. The van der Waals surface area contributed by atoms with Gasteiger partial charge >= 0.3 is 5.97 Å². The Morgan fingerprint density at radius 3 is 2.73 bits per heavy atom. The highest BCUT2D eigenvalue weighted by Gasteiger charge is 2.15. The van der Waals surface area contributed by atoms with E-state index in [1.54, 1.807) is 19.0 Å². The van der Waals surface area contributed by atoms with Crippen molar-refractivity contribution in [3.05, 3.63) is 11.8 Å². The van der Waals surface area contributed by atoms with Crippen molar-refractivity contribution in [1.82, 2.24) is 5.16 Å². The lowest BCUT2D eigenvalue weighted by Gasteiger charge is -2.06. The van der Waals surface area contributed by atoms with Gasteiger partial charge in [0.25, 0.3) is 0 Å². The summed E-state index contributed by atoms with van der Waals surface area (Å²) >= 11 is 0. The molecule has 5 nitrogen and oxygen atoms in total. The van der Waals surface area contributed by atoms with Gasteiger partial charge in [0.15, 0.2) is 5.82 Å². The predicted molar refractivity (Wildman–Crippen MR) is 37.8 cm³/mol. The molecule has 0 aliphatic carbocycles. The van der Waals surface area contributed by atoms with E-state index in [4.69, 9.17) is 5.11 Å². The zero-order chi connectivity index (χ0) is 8.43. The van der Waals surface area contributed by atoms with Gasteiger partial charge in [-0.15, -0.1) is 0 Å². The van der Waals surface area contributed by atoms with Gasteiger partial charge in [-0.2, -0.15) is 0 Å². The van der Waals surface area contributed by atoms with Crippen LogP contribution in [0.25, 0.3) is 0 Å². The molecule has 60 valence electrons. The molecular weight excluding hydrogens is 148 g/mol. The Morgan fingerprint density at radius 1 is 1.73 bits per heavy atom. The Bertz CT molecular complexity index is 267. The molecule has 1 heterocycles. The monoisotopic (exact) mass is 156 g/mol. The van der Waals surface area contributed by atoms with Gasteiger partial charge in [-0.25, -0.2) is 4.79 Å². The summed E-state index contributed by atoms with van der Waals surface area (Å²) in [6.07, 6.45) is 1.11. The first-order chi connectivity index (χ1) is 5.13. The minimum absolute atomic E-state index is 0.0787. The minimum atomic E-state index is -1.03. The maximum Gasteiger partial charge on any atom is 0.342 e. The van der Waals surface area contributed by atoms with E-state index in [9.17, 15) is 4.79 Å². The van der Waals surface area contributed by atoms with E-state index in [-0.39, 0.29) is 5.56 Å². The summed E-state index contributed by atoms with van der Waals surface area (Å²) in [4.78, 5) is 12.0. The molecule has 0 radical (unpaired) electrons. The molecule has 0 amide bonds. The van der Waals surface area contributed by atoms with Crippen LogP contribution in [0.1, 0.15) is 10.4 Å². The van der Waals surface area contributed by atoms with E-state index in [0.29, 0.717) is 5.82 Å². The van der Waals surface area contributed by atoms with Crippen molar-refractivity contribution in [3.63, 3.8) is 0 Å². The number of carboxylic acids is 1. The Morgan fingerprint density at radius 2 is 2.36 bits per heavy atom. The van der Waals surface area contributed by atoms with E-state index >= 15 is 0 Å². The molecule has 0 aromatic carbocycles. The van der Waals surface area contributed by atoms with Crippen LogP contribution in [0.2, 0.25) is 0 Å². The van der Waals surface area contributed by atoms with Crippen LogP contribution >= 0.6 is 0 Å². The van der Waals surface area contributed by atoms with Gasteiger partial charge in [0.1, 0.15) is 11.8 Å². The van der Waals surface area contributed by atoms with Crippen molar-refractivity contribution in [2.24, 2.45) is 0 Å². The summed E-state index contributed by atoms with van der Waals surface area (Å²) in [6, 6.07) is 0. The van der Waals surface area contributed by atoms with E-state index in [1.165, 1.54) is 0 Å². The van der Waals surface area contributed by atoms with E-state index in [1.807, 2.05) is 0 Å². The van der Waals surface area contributed by atoms with Crippen LogP contribution in [0.15, 0.2) is 10.8 Å². The van der Waals surface area contributed by atoms with Gasteiger partial charge in [-0.1, -0.05) is 5.16 Å². The number of nitrogens with zero attached hydrogens (tertiary/aromatic N) is 2. The van der Waals surface area contributed by atoms with Crippen LogP contribution < -0.4 is 4.90 Å². The van der Waals surface area contributed by atoms with Crippen molar-refractivity contribution < 1.29 is 14.4 Å². The largest absolute Gasteiger partial charge is 0.477 e. The Labute approximate surface area is 63.2 Å².